The van der Waals surface area contributed by atoms with Gasteiger partial charge in [0.25, 0.3) is 0 Å². The number of benzene rings is 2. The average molecular weight is 298 g/mol. The Bertz CT molecular complexity index is 691. The maximum atomic E-state index is 5.48. The summed E-state index contributed by atoms with van der Waals surface area (Å²) in [6.45, 7) is 2.29. The third kappa shape index (κ3) is 2.52. The molecule has 3 rings (SSSR count). The quantitative estimate of drug-likeness (QED) is 0.853. The number of hydrogen-bond donors (Lipinski definition) is 0. The van der Waals surface area contributed by atoms with Gasteiger partial charge in [0.2, 0.25) is 0 Å². The van der Waals surface area contributed by atoms with Gasteiger partial charge in [-0.2, -0.15) is 0 Å². The fraction of sp³-hybridized carbons (Fsp3) is 0.368. The summed E-state index contributed by atoms with van der Waals surface area (Å²) < 4.78 is 16.3. The van der Waals surface area contributed by atoms with Crippen molar-refractivity contribution in [2.75, 3.05) is 21.3 Å². The molecule has 0 N–H and O–H groups in total. The van der Waals surface area contributed by atoms with E-state index in [-0.39, 0.29) is 0 Å². The molecule has 0 aromatic heterocycles. The van der Waals surface area contributed by atoms with Crippen LogP contribution in [0.5, 0.6) is 17.2 Å². The fourth-order valence-electron chi connectivity index (χ4n) is 3.29. The number of fused-ring (bicyclic) bond motifs is 3. The van der Waals surface area contributed by atoms with Crippen LogP contribution >= 0.6 is 0 Å². The predicted molar refractivity (Wildman–Crippen MR) is 88.1 cm³/mol. The van der Waals surface area contributed by atoms with Crippen molar-refractivity contribution in [1.82, 2.24) is 0 Å². The summed E-state index contributed by atoms with van der Waals surface area (Å²) in [6, 6.07) is 10.5. The molecule has 1 aliphatic rings. The van der Waals surface area contributed by atoms with E-state index in [2.05, 4.69) is 31.2 Å². The van der Waals surface area contributed by atoms with E-state index in [1.165, 1.54) is 22.3 Å². The zero-order valence-corrected chi connectivity index (χ0v) is 13.6. The lowest BCUT2D eigenvalue weighted by Crippen LogP contribution is -2.02. The summed E-state index contributed by atoms with van der Waals surface area (Å²) in [7, 11) is 5.07. The molecule has 0 saturated carbocycles. The second kappa shape index (κ2) is 5.91. The zero-order chi connectivity index (χ0) is 15.7. The summed E-state index contributed by atoms with van der Waals surface area (Å²) in [4.78, 5) is 0. The van der Waals surface area contributed by atoms with Crippen LogP contribution in [0, 0.1) is 5.92 Å². The van der Waals surface area contributed by atoms with Gasteiger partial charge >= 0.3 is 0 Å². The van der Waals surface area contributed by atoms with Crippen LogP contribution in [-0.2, 0) is 12.8 Å². The van der Waals surface area contributed by atoms with Crippen molar-refractivity contribution in [3.63, 3.8) is 0 Å². The van der Waals surface area contributed by atoms with E-state index in [9.17, 15) is 0 Å². The van der Waals surface area contributed by atoms with Crippen molar-refractivity contribution >= 4 is 0 Å². The lowest BCUT2D eigenvalue weighted by Gasteiger charge is -2.15. The molecule has 2 aromatic rings. The molecular weight excluding hydrogens is 276 g/mol. The van der Waals surface area contributed by atoms with Crippen molar-refractivity contribution < 1.29 is 14.2 Å². The van der Waals surface area contributed by atoms with E-state index in [1.807, 2.05) is 6.07 Å². The van der Waals surface area contributed by atoms with Crippen molar-refractivity contribution in [3.05, 3.63) is 41.5 Å². The van der Waals surface area contributed by atoms with Crippen molar-refractivity contribution in [2.45, 2.75) is 19.8 Å². The lowest BCUT2D eigenvalue weighted by atomic mass is 9.96. The molecular formula is C19H22O3. The fourth-order valence-corrected chi connectivity index (χ4v) is 3.29. The molecule has 0 bridgehead atoms. The second-order valence-corrected chi connectivity index (χ2v) is 5.90. The minimum absolute atomic E-state index is 0.574. The van der Waals surface area contributed by atoms with Gasteiger partial charge in [0.05, 0.1) is 21.3 Å². The first-order valence-electron chi connectivity index (χ1n) is 7.58. The highest BCUT2D eigenvalue weighted by molar-refractivity contribution is 5.75. The summed E-state index contributed by atoms with van der Waals surface area (Å²) in [5.41, 5.74) is 5.15. The maximum absolute atomic E-state index is 5.48. The first-order chi connectivity index (χ1) is 10.7. The molecule has 1 unspecified atom stereocenters. The van der Waals surface area contributed by atoms with Gasteiger partial charge in [-0.3, -0.25) is 0 Å². The van der Waals surface area contributed by atoms with Crippen LogP contribution in [-0.4, -0.2) is 21.3 Å². The summed E-state index contributed by atoms with van der Waals surface area (Å²) >= 11 is 0. The molecule has 0 spiro atoms. The van der Waals surface area contributed by atoms with Crippen LogP contribution in [0.4, 0.5) is 0 Å². The summed E-state index contributed by atoms with van der Waals surface area (Å²) in [5.74, 6) is 3.06. The number of rotatable bonds is 3. The van der Waals surface area contributed by atoms with Gasteiger partial charge in [0, 0.05) is 0 Å². The molecule has 3 nitrogen and oxygen atoms in total. The van der Waals surface area contributed by atoms with Gasteiger partial charge in [-0.25, -0.2) is 0 Å². The lowest BCUT2D eigenvalue weighted by molar-refractivity contribution is 0.354. The summed E-state index contributed by atoms with van der Waals surface area (Å²) in [5, 5.41) is 0. The molecule has 1 aliphatic carbocycles. The molecule has 3 heteroatoms. The van der Waals surface area contributed by atoms with E-state index in [4.69, 9.17) is 14.2 Å². The van der Waals surface area contributed by atoms with E-state index in [0.717, 1.165) is 30.1 Å². The van der Waals surface area contributed by atoms with Gasteiger partial charge in [-0.05, 0) is 65.3 Å². The van der Waals surface area contributed by atoms with Crippen molar-refractivity contribution in [1.29, 1.82) is 0 Å². The van der Waals surface area contributed by atoms with E-state index in [1.54, 1.807) is 21.3 Å². The molecule has 0 heterocycles. The van der Waals surface area contributed by atoms with Gasteiger partial charge in [-0.15, -0.1) is 0 Å². The third-order valence-corrected chi connectivity index (χ3v) is 4.35. The molecule has 22 heavy (non-hydrogen) atoms. The molecule has 0 amide bonds. The van der Waals surface area contributed by atoms with Crippen LogP contribution in [0.3, 0.4) is 0 Å². The zero-order valence-electron chi connectivity index (χ0n) is 13.6. The minimum Gasteiger partial charge on any atom is -0.497 e. The Kier molecular flexibility index (Phi) is 3.97. The van der Waals surface area contributed by atoms with Gasteiger partial charge in [-0.1, -0.05) is 13.0 Å². The highest BCUT2D eigenvalue weighted by Crippen LogP contribution is 2.41. The minimum atomic E-state index is 0.574. The average Bonchev–Trinajstić information content (AvgIpc) is 2.67. The Labute approximate surface area is 131 Å². The van der Waals surface area contributed by atoms with Crippen LogP contribution in [0.2, 0.25) is 0 Å². The molecule has 1 atom stereocenters. The van der Waals surface area contributed by atoms with E-state index in [0.29, 0.717) is 5.92 Å². The van der Waals surface area contributed by atoms with Gasteiger partial charge in [0.15, 0.2) is 11.5 Å². The van der Waals surface area contributed by atoms with Crippen LogP contribution in [0.15, 0.2) is 30.3 Å². The molecule has 0 fully saturated rings. The number of methoxy groups -OCH3 is 3. The molecule has 0 radical (unpaired) electrons. The Morgan fingerprint density at radius 1 is 0.773 bits per heavy atom. The normalized spacial score (nSPS) is 16.3. The first kappa shape index (κ1) is 14.8. The molecule has 2 aromatic carbocycles. The smallest absolute Gasteiger partial charge is 0.161 e. The van der Waals surface area contributed by atoms with Crippen LogP contribution < -0.4 is 14.2 Å². The predicted octanol–water partition coefficient (Wildman–Crippen LogP) is 4.11. The maximum Gasteiger partial charge on any atom is 0.161 e. The number of ether oxygens (including phenoxy) is 3. The van der Waals surface area contributed by atoms with E-state index >= 15 is 0 Å². The molecule has 0 aliphatic heterocycles. The Morgan fingerprint density at radius 2 is 1.41 bits per heavy atom. The van der Waals surface area contributed by atoms with Gasteiger partial charge < -0.3 is 14.2 Å². The summed E-state index contributed by atoms with van der Waals surface area (Å²) in [6.07, 6.45) is 2.08. The molecule has 116 valence electrons. The number of hydrogen-bond acceptors (Lipinski definition) is 3. The highest BCUT2D eigenvalue weighted by Gasteiger charge is 2.21. The van der Waals surface area contributed by atoms with Crippen molar-refractivity contribution in [2.24, 2.45) is 5.92 Å². The Hall–Kier alpha value is -2.16. The standard InChI is InChI=1S/C19H22O3/c1-12-7-13-9-15(20-2)5-6-16(13)17-11-19(22-4)18(21-3)10-14(17)8-12/h5-6,9-12H,7-8H2,1-4H3. The largest absolute Gasteiger partial charge is 0.497 e. The first-order valence-corrected chi connectivity index (χ1v) is 7.58. The third-order valence-electron chi connectivity index (χ3n) is 4.35. The topological polar surface area (TPSA) is 27.7 Å². The highest BCUT2D eigenvalue weighted by atomic mass is 16.5. The van der Waals surface area contributed by atoms with E-state index < -0.39 is 0 Å². The Morgan fingerprint density at radius 3 is 2.05 bits per heavy atom. The Balaban J connectivity index is 2.22. The monoisotopic (exact) mass is 298 g/mol. The SMILES string of the molecule is COc1ccc2c(c1)CC(C)Cc1cc(OC)c(OC)cc1-2. The van der Waals surface area contributed by atoms with Crippen molar-refractivity contribution in [3.8, 4) is 28.4 Å². The second-order valence-electron chi connectivity index (χ2n) is 5.90. The molecule has 0 saturated heterocycles. The van der Waals surface area contributed by atoms with Crippen LogP contribution in [0.25, 0.3) is 11.1 Å². The van der Waals surface area contributed by atoms with Gasteiger partial charge in [0.1, 0.15) is 5.75 Å². The van der Waals surface area contributed by atoms with Crippen LogP contribution in [0.1, 0.15) is 18.1 Å².